The summed E-state index contributed by atoms with van der Waals surface area (Å²) < 4.78 is 0.359. The van der Waals surface area contributed by atoms with Gasteiger partial charge in [-0.05, 0) is 0 Å². The van der Waals surface area contributed by atoms with Crippen molar-refractivity contribution in [1.82, 2.24) is 0 Å². The third kappa shape index (κ3) is 2.88. The number of hydrogen-bond donors (Lipinski definition) is 0. The Kier molecular flexibility index (Phi) is 5.75. The van der Waals surface area contributed by atoms with Crippen molar-refractivity contribution in [3.05, 3.63) is 41.5 Å². The van der Waals surface area contributed by atoms with Crippen LogP contribution >= 0.6 is 0 Å². The molecule has 0 bridgehead atoms. The van der Waals surface area contributed by atoms with Crippen molar-refractivity contribution in [2.75, 3.05) is 0 Å². The summed E-state index contributed by atoms with van der Waals surface area (Å²) in [5, 5.41) is 0. The van der Waals surface area contributed by atoms with Crippen molar-refractivity contribution in [2.24, 2.45) is 5.92 Å². The fourth-order valence-electron chi connectivity index (χ4n) is 2.19. The maximum atomic E-state index is 2.40. The van der Waals surface area contributed by atoms with Gasteiger partial charge >= 0.3 is 102 Å². The molecule has 0 aromatic heterocycles. The number of fused-ring (bicyclic) bond motifs is 1. The van der Waals surface area contributed by atoms with Gasteiger partial charge in [0.05, 0.1) is 0 Å². The van der Waals surface area contributed by atoms with Crippen molar-refractivity contribution < 1.29 is 34.1 Å². The van der Waals surface area contributed by atoms with E-state index in [9.17, 15) is 0 Å². The summed E-state index contributed by atoms with van der Waals surface area (Å²) in [4.78, 5) is 0. The van der Waals surface area contributed by atoms with Crippen LogP contribution in [-0.2, 0) is 27.8 Å². The molecule has 0 N–H and O–H groups in total. The molecule has 16 heavy (non-hydrogen) atoms. The molecule has 87 valence electrons. The first-order chi connectivity index (χ1) is 6.62. The van der Waals surface area contributed by atoms with E-state index in [0.717, 1.165) is 5.92 Å². The second-order valence-corrected chi connectivity index (χ2v) is 6.68. The summed E-state index contributed by atoms with van der Waals surface area (Å²) in [6, 6.07) is 8.79. The van der Waals surface area contributed by atoms with Crippen molar-refractivity contribution >= 4 is 6.08 Å². The number of hydrogen-bond acceptors (Lipinski definition) is 0. The Balaban J connectivity index is 0.00000112. The van der Waals surface area contributed by atoms with Gasteiger partial charge in [0.2, 0.25) is 0 Å². The van der Waals surface area contributed by atoms with E-state index in [1.807, 2.05) is 0 Å². The largest absolute Gasteiger partial charge is 0.269 e. The normalized spacial score (nSPS) is 21.1. The van der Waals surface area contributed by atoms with Gasteiger partial charge in [-0.1, -0.05) is 0 Å². The van der Waals surface area contributed by atoms with Crippen LogP contribution in [0.4, 0.5) is 9.41 Å². The van der Waals surface area contributed by atoms with Crippen molar-refractivity contribution in [3.63, 3.8) is 0 Å². The van der Waals surface area contributed by atoms with Crippen molar-refractivity contribution in [1.29, 1.82) is 0 Å². The Morgan fingerprint density at radius 1 is 1.19 bits per heavy atom. The van der Waals surface area contributed by atoms with E-state index in [0.29, 0.717) is 3.12 Å². The second-order valence-electron chi connectivity index (χ2n) is 4.49. The number of halogens is 2. The molecule has 0 heterocycles. The van der Waals surface area contributed by atoms with Gasteiger partial charge in [0.25, 0.3) is 0 Å². The smallest absolute Gasteiger partial charge is 0.269 e. The summed E-state index contributed by atoms with van der Waals surface area (Å²) in [7, 11) is 0. The first-order valence-corrected chi connectivity index (χ1v) is 6.38. The minimum absolute atomic E-state index is 0. The molecule has 1 aromatic carbocycles. The minimum Gasteiger partial charge on any atom is -0.269 e. The zero-order valence-corrected chi connectivity index (χ0v) is 12.0. The SMILES string of the molecule is CC(C)C[C]1([Zr])C=Cc2ccccc21.F.F. The molecule has 1 atom stereocenters. The van der Waals surface area contributed by atoms with Gasteiger partial charge in [-0.25, -0.2) is 0 Å². The van der Waals surface area contributed by atoms with Crippen molar-refractivity contribution in [2.45, 2.75) is 23.4 Å². The molecule has 1 aromatic rings. The number of allylic oxidation sites excluding steroid dienone is 1. The van der Waals surface area contributed by atoms with E-state index >= 15 is 0 Å². The monoisotopic (exact) mass is 301 g/mol. The number of rotatable bonds is 2. The Labute approximate surface area is 111 Å². The van der Waals surface area contributed by atoms with Crippen LogP contribution in [0.25, 0.3) is 6.08 Å². The van der Waals surface area contributed by atoms with Crippen LogP contribution in [0.2, 0.25) is 0 Å². The number of benzene rings is 1. The molecular formula is C13H17F2Zr. The molecule has 0 fully saturated rings. The summed E-state index contributed by atoms with van der Waals surface area (Å²) in [5.41, 5.74) is 2.96. The van der Waals surface area contributed by atoms with E-state index in [4.69, 9.17) is 0 Å². The van der Waals surface area contributed by atoms with Gasteiger partial charge in [-0.15, -0.1) is 0 Å². The Morgan fingerprint density at radius 3 is 2.44 bits per heavy atom. The molecule has 3 heteroatoms. The summed E-state index contributed by atoms with van der Waals surface area (Å²) >= 11 is 1.61. The average molecular weight is 302 g/mol. The van der Waals surface area contributed by atoms with E-state index in [1.165, 1.54) is 17.5 Å². The fraction of sp³-hybridized carbons (Fsp3) is 0.385. The first-order valence-electron chi connectivity index (χ1n) is 5.15. The first kappa shape index (κ1) is 15.7. The second kappa shape index (κ2) is 5.86. The fourth-order valence-corrected chi connectivity index (χ4v) is 3.96. The molecular weight excluding hydrogens is 285 g/mol. The molecule has 0 saturated carbocycles. The molecule has 0 aliphatic heterocycles. The van der Waals surface area contributed by atoms with E-state index < -0.39 is 0 Å². The van der Waals surface area contributed by atoms with Crippen LogP contribution in [0.3, 0.4) is 0 Å². The van der Waals surface area contributed by atoms with Gasteiger partial charge in [-0.3, -0.25) is 9.41 Å². The van der Waals surface area contributed by atoms with E-state index in [2.05, 4.69) is 50.3 Å². The maximum Gasteiger partial charge on any atom is -0.269 e. The maximum absolute atomic E-state index is 2.40. The molecule has 1 aliphatic rings. The Hall–Kier alpha value is -0.297. The van der Waals surface area contributed by atoms with Gasteiger partial charge in [0.15, 0.2) is 0 Å². The summed E-state index contributed by atoms with van der Waals surface area (Å²) in [5.74, 6) is 0.769. The molecule has 0 nitrogen and oxygen atoms in total. The standard InChI is InChI=1S/C13H15.2FH.Zr/c1-10(2)9-12-8-7-11-5-3-4-6-13(11)12;;;/h3-8,10H,9H2,1-2H3;2*1H;. The predicted octanol–water partition coefficient (Wildman–Crippen LogP) is 3.81. The predicted molar refractivity (Wildman–Crippen MR) is 61.6 cm³/mol. The Bertz CT molecular complexity index is 374. The van der Waals surface area contributed by atoms with Crippen LogP contribution in [0, 0.1) is 5.92 Å². The van der Waals surface area contributed by atoms with Gasteiger partial charge in [-0.2, -0.15) is 0 Å². The van der Waals surface area contributed by atoms with Gasteiger partial charge in [0, 0.05) is 0 Å². The van der Waals surface area contributed by atoms with Crippen LogP contribution < -0.4 is 0 Å². The van der Waals surface area contributed by atoms with Crippen LogP contribution in [-0.4, -0.2) is 0 Å². The third-order valence-corrected chi connectivity index (χ3v) is 4.29. The average Bonchev–Trinajstić information content (AvgIpc) is 2.44. The third-order valence-electron chi connectivity index (χ3n) is 2.72. The molecule has 0 amide bonds. The molecule has 2 rings (SSSR count). The molecule has 0 spiro atoms. The summed E-state index contributed by atoms with van der Waals surface area (Å²) in [6.45, 7) is 4.61. The van der Waals surface area contributed by atoms with Crippen LogP contribution in [0.15, 0.2) is 30.3 Å². The minimum atomic E-state index is 0. The molecule has 0 radical (unpaired) electrons. The zero-order chi connectivity index (χ0) is 10.2. The van der Waals surface area contributed by atoms with E-state index in [-0.39, 0.29) is 9.41 Å². The van der Waals surface area contributed by atoms with E-state index in [1.54, 1.807) is 24.7 Å². The molecule has 1 unspecified atom stereocenters. The van der Waals surface area contributed by atoms with Gasteiger partial charge in [0.1, 0.15) is 0 Å². The molecule has 0 saturated heterocycles. The zero-order valence-electron chi connectivity index (χ0n) is 9.57. The van der Waals surface area contributed by atoms with Gasteiger partial charge < -0.3 is 0 Å². The topological polar surface area (TPSA) is 0 Å². The Morgan fingerprint density at radius 2 is 1.81 bits per heavy atom. The summed E-state index contributed by atoms with van der Waals surface area (Å²) in [6.07, 6.45) is 5.96. The van der Waals surface area contributed by atoms with Crippen molar-refractivity contribution in [3.8, 4) is 0 Å². The van der Waals surface area contributed by atoms with Crippen LogP contribution in [0.5, 0.6) is 0 Å². The molecule has 1 aliphatic carbocycles. The quantitative estimate of drug-likeness (QED) is 0.779. The van der Waals surface area contributed by atoms with Crippen LogP contribution in [0.1, 0.15) is 31.4 Å².